The lowest BCUT2D eigenvalue weighted by molar-refractivity contribution is -0.133. The summed E-state index contributed by atoms with van der Waals surface area (Å²) in [5.74, 6) is 0.305. The van der Waals surface area contributed by atoms with Crippen LogP contribution in [0.5, 0.6) is 0 Å². The normalized spacial score (nSPS) is 22.4. The van der Waals surface area contributed by atoms with Crippen molar-refractivity contribution in [2.45, 2.75) is 58.5 Å². The molecule has 1 saturated heterocycles. The lowest BCUT2D eigenvalue weighted by Gasteiger charge is -2.31. The number of amides is 1. The number of hydrogen-bond acceptors (Lipinski definition) is 3. The van der Waals surface area contributed by atoms with E-state index in [-0.39, 0.29) is 5.54 Å². The molecule has 4 nitrogen and oxygen atoms in total. The molecule has 0 saturated carbocycles. The quantitative estimate of drug-likeness (QED) is 0.844. The van der Waals surface area contributed by atoms with Crippen molar-refractivity contribution in [3.05, 3.63) is 0 Å². The van der Waals surface area contributed by atoms with Crippen LogP contribution in [-0.2, 0) is 4.79 Å². The molecule has 1 amide bonds. The van der Waals surface area contributed by atoms with Crippen molar-refractivity contribution < 1.29 is 4.79 Å². The number of rotatable bonds is 4. The Morgan fingerprint density at radius 3 is 2.58 bits per heavy atom. The molecule has 0 aliphatic carbocycles. The Hall–Kier alpha value is -0.610. The summed E-state index contributed by atoms with van der Waals surface area (Å²) in [5, 5.41) is 3.39. The van der Waals surface area contributed by atoms with Gasteiger partial charge in [-0.25, -0.2) is 0 Å². The van der Waals surface area contributed by atoms with Crippen LogP contribution < -0.4 is 5.32 Å². The molecule has 1 fully saturated rings. The molecule has 1 atom stereocenters. The molecule has 0 radical (unpaired) electrons. The van der Waals surface area contributed by atoms with E-state index in [1.807, 2.05) is 0 Å². The van der Waals surface area contributed by atoms with E-state index in [1.54, 1.807) is 0 Å². The molecular weight excluding hydrogens is 238 g/mol. The molecule has 1 aliphatic heterocycles. The number of likely N-dealkylation sites (N-methyl/N-ethyl adjacent to an activating group) is 1. The molecular formula is C15H31N3O. The summed E-state index contributed by atoms with van der Waals surface area (Å²) in [6, 6.07) is 0.384. The predicted molar refractivity (Wildman–Crippen MR) is 80.3 cm³/mol. The number of carbonyl (C=O) groups excluding carboxylic acids is 1. The number of carbonyl (C=O) groups is 1. The van der Waals surface area contributed by atoms with Gasteiger partial charge in [0.25, 0.3) is 0 Å². The molecule has 1 heterocycles. The van der Waals surface area contributed by atoms with Gasteiger partial charge in [-0.3, -0.25) is 4.79 Å². The molecule has 0 aromatic carbocycles. The van der Waals surface area contributed by atoms with Gasteiger partial charge in [-0.05, 0) is 47.2 Å². The maximum absolute atomic E-state index is 12.4. The SMILES string of the molecule is CCC1CN(C)CCCN1C(=O)CCNC(C)(C)C. The standard InChI is InChI=1S/C15H31N3O/c1-6-13-12-17(5)10-7-11-18(13)14(19)8-9-16-15(2,3)4/h13,16H,6-12H2,1-5H3. The Morgan fingerprint density at radius 2 is 2.00 bits per heavy atom. The molecule has 1 N–H and O–H groups in total. The number of nitrogens with zero attached hydrogens (tertiary/aromatic N) is 2. The zero-order chi connectivity index (χ0) is 14.5. The van der Waals surface area contributed by atoms with Crippen LogP contribution in [0.3, 0.4) is 0 Å². The van der Waals surface area contributed by atoms with E-state index in [1.165, 1.54) is 0 Å². The lowest BCUT2D eigenvalue weighted by atomic mass is 10.1. The average molecular weight is 269 g/mol. The molecule has 19 heavy (non-hydrogen) atoms. The summed E-state index contributed by atoms with van der Waals surface area (Å²) in [6.45, 7) is 12.4. The highest BCUT2D eigenvalue weighted by molar-refractivity contribution is 5.76. The van der Waals surface area contributed by atoms with Crippen molar-refractivity contribution in [3.8, 4) is 0 Å². The first-order valence-electron chi connectivity index (χ1n) is 7.56. The van der Waals surface area contributed by atoms with E-state index in [2.05, 4.69) is 49.9 Å². The fourth-order valence-electron chi connectivity index (χ4n) is 2.61. The van der Waals surface area contributed by atoms with E-state index in [4.69, 9.17) is 0 Å². The number of hydrogen-bond donors (Lipinski definition) is 1. The van der Waals surface area contributed by atoms with Crippen LogP contribution in [0.2, 0.25) is 0 Å². The fraction of sp³-hybridized carbons (Fsp3) is 0.933. The van der Waals surface area contributed by atoms with Gasteiger partial charge in [0.2, 0.25) is 5.91 Å². The molecule has 0 bridgehead atoms. The molecule has 1 aliphatic rings. The van der Waals surface area contributed by atoms with Crippen LogP contribution in [0.25, 0.3) is 0 Å². The highest BCUT2D eigenvalue weighted by Crippen LogP contribution is 2.13. The molecule has 0 aromatic rings. The van der Waals surface area contributed by atoms with Crippen LogP contribution in [-0.4, -0.2) is 60.5 Å². The molecule has 1 rings (SSSR count). The Balaban J connectivity index is 2.48. The van der Waals surface area contributed by atoms with Gasteiger partial charge < -0.3 is 15.1 Å². The van der Waals surface area contributed by atoms with Gasteiger partial charge in [0.15, 0.2) is 0 Å². The van der Waals surface area contributed by atoms with Crippen LogP contribution in [0.15, 0.2) is 0 Å². The molecule has 0 spiro atoms. The summed E-state index contributed by atoms with van der Waals surface area (Å²) < 4.78 is 0. The van der Waals surface area contributed by atoms with Crippen molar-refractivity contribution in [2.75, 3.05) is 33.2 Å². The van der Waals surface area contributed by atoms with Gasteiger partial charge in [0.1, 0.15) is 0 Å². The highest BCUT2D eigenvalue weighted by atomic mass is 16.2. The number of nitrogens with one attached hydrogen (secondary N) is 1. The summed E-state index contributed by atoms with van der Waals surface area (Å²) in [4.78, 5) is 16.8. The van der Waals surface area contributed by atoms with Gasteiger partial charge >= 0.3 is 0 Å². The first-order chi connectivity index (χ1) is 8.83. The van der Waals surface area contributed by atoms with Crippen molar-refractivity contribution in [1.82, 2.24) is 15.1 Å². The van der Waals surface area contributed by atoms with Gasteiger partial charge in [-0.2, -0.15) is 0 Å². The third-order valence-electron chi connectivity index (χ3n) is 3.69. The van der Waals surface area contributed by atoms with E-state index in [0.29, 0.717) is 18.4 Å². The predicted octanol–water partition coefficient (Wildman–Crippen LogP) is 1.71. The molecule has 1 unspecified atom stereocenters. The molecule has 0 aromatic heterocycles. The van der Waals surface area contributed by atoms with Crippen LogP contribution in [0.4, 0.5) is 0 Å². The Kier molecular flexibility index (Phi) is 6.27. The molecule has 4 heteroatoms. The second-order valence-electron chi connectivity index (χ2n) is 6.69. The minimum absolute atomic E-state index is 0.0867. The summed E-state index contributed by atoms with van der Waals surface area (Å²) >= 11 is 0. The topological polar surface area (TPSA) is 35.6 Å². The monoisotopic (exact) mass is 269 g/mol. The lowest BCUT2D eigenvalue weighted by Crippen LogP contribution is -2.45. The van der Waals surface area contributed by atoms with Crippen molar-refractivity contribution in [3.63, 3.8) is 0 Å². The van der Waals surface area contributed by atoms with Gasteiger partial charge in [-0.1, -0.05) is 6.92 Å². The minimum Gasteiger partial charge on any atom is -0.338 e. The van der Waals surface area contributed by atoms with E-state index in [9.17, 15) is 4.79 Å². The van der Waals surface area contributed by atoms with Crippen molar-refractivity contribution >= 4 is 5.91 Å². The Labute approximate surface area is 118 Å². The minimum atomic E-state index is 0.0867. The second kappa shape index (κ2) is 7.25. The first kappa shape index (κ1) is 16.4. The average Bonchev–Trinajstić information content (AvgIpc) is 2.48. The van der Waals surface area contributed by atoms with Crippen molar-refractivity contribution in [1.29, 1.82) is 0 Å². The second-order valence-corrected chi connectivity index (χ2v) is 6.69. The fourth-order valence-corrected chi connectivity index (χ4v) is 2.61. The van der Waals surface area contributed by atoms with E-state index < -0.39 is 0 Å². The summed E-state index contributed by atoms with van der Waals surface area (Å²) in [6.07, 6.45) is 2.74. The van der Waals surface area contributed by atoms with Crippen molar-refractivity contribution in [2.24, 2.45) is 0 Å². The van der Waals surface area contributed by atoms with Crippen LogP contribution in [0.1, 0.15) is 47.0 Å². The van der Waals surface area contributed by atoms with Gasteiger partial charge in [0.05, 0.1) is 0 Å². The maximum Gasteiger partial charge on any atom is 0.224 e. The van der Waals surface area contributed by atoms with Gasteiger partial charge in [-0.15, -0.1) is 0 Å². The van der Waals surface area contributed by atoms with E-state index >= 15 is 0 Å². The molecule has 112 valence electrons. The Morgan fingerprint density at radius 1 is 1.32 bits per heavy atom. The third kappa shape index (κ3) is 5.91. The zero-order valence-electron chi connectivity index (χ0n) is 13.3. The largest absolute Gasteiger partial charge is 0.338 e. The zero-order valence-corrected chi connectivity index (χ0v) is 13.3. The highest BCUT2D eigenvalue weighted by Gasteiger charge is 2.25. The van der Waals surface area contributed by atoms with Crippen LogP contribution in [0, 0.1) is 0 Å². The third-order valence-corrected chi connectivity index (χ3v) is 3.69. The smallest absolute Gasteiger partial charge is 0.224 e. The van der Waals surface area contributed by atoms with Gasteiger partial charge in [0, 0.05) is 37.6 Å². The summed E-state index contributed by atoms with van der Waals surface area (Å²) in [7, 11) is 2.15. The van der Waals surface area contributed by atoms with Crippen LogP contribution >= 0.6 is 0 Å². The Bertz CT molecular complexity index is 286. The first-order valence-corrected chi connectivity index (χ1v) is 7.56. The maximum atomic E-state index is 12.4. The summed E-state index contributed by atoms with van der Waals surface area (Å²) in [5.41, 5.74) is 0.0867. The van der Waals surface area contributed by atoms with E-state index in [0.717, 1.165) is 39.0 Å².